The molecule has 2 saturated heterocycles. The average Bonchev–Trinajstić information content (AvgIpc) is 3.23. The standard InChI is InChI=1S/C20H27N3O/c1-21-15-18(17-9-2-3-10-19(17)21)20(24)23-13-5-4-8-16(23)14-22-11-6-7-12-22/h2-3,9-10,15-16H,4-8,11-14H2,1H3. The van der Waals surface area contributed by atoms with E-state index in [1.165, 1.54) is 32.4 Å². The number of benzene rings is 1. The van der Waals surface area contributed by atoms with Gasteiger partial charge in [0, 0.05) is 43.3 Å². The van der Waals surface area contributed by atoms with Gasteiger partial charge in [-0.05, 0) is 51.3 Å². The van der Waals surface area contributed by atoms with Crippen molar-refractivity contribution in [3.8, 4) is 0 Å². The van der Waals surface area contributed by atoms with Crippen LogP contribution in [0.4, 0.5) is 0 Å². The van der Waals surface area contributed by atoms with Gasteiger partial charge in [-0.3, -0.25) is 4.79 Å². The second-order valence-corrected chi connectivity index (χ2v) is 7.33. The summed E-state index contributed by atoms with van der Waals surface area (Å²) in [4.78, 5) is 18.0. The molecule has 1 amide bonds. The summed E-state index contributed by atoms with van der Waals surface area (Å²) in [6.45, 7) is 4.36. The van der Waals surface area contributed by atoms with E-state index < -0.39 is 0 Å². The van der Waals surface area contributed by atoms with Crippen molar-refractivity contribution >= 4 is 16.8 Å². The molecule has 1 aromatic heterocycles. The maximum Gasteiger partial charge on any atom is 0.256 e. The Bertz CT molecular complexity index is 730. The molecule has 4 nitrogen and oxygen atoms in total. The van der Waals surface area contributed by atoms with Gasteiger partial charge < -0.3 is 14.4 Å². The molecule has 0 saturated carbocycles. The molecule has 1 aromatic carbocycles. The fourth-order valence-electron chi connectivity index (χ4n) is 4.39. The quantitative estimate of drug-likeness (QED) is 0.866. The first-order valence-electron chi connectivity index (χ1n) is 9.31. The lowest BCUT2D eigenvalue weighted by Crippen LogP contribution is -2.49. The molecular weight excluding hydrogens is 298 g/mol. The minimum Gasteiger partial charge on any atom is -0.350 e. The number of aryl methyl sites for hydroxylation is 1. The minimum absolute atomic E-state index is 0.218. The number of hydrogen-bond acceptors (Lipinski definition) is 2. The van der Waals surface area contributed by atoms with Crippen LogP contribution in [0.1, 0.15) is 42.5 Å². The lowest BCUT2D eigenvalue weighted by Gasteiger charge is -2.38. The fraction of sp³-hybridized carbons (Fsp3) is 0.550. The molecule has 2 aliphatic heterocycles. The highest BCUT2D eigenvalue weighted by Crippen LogP contribution is 2.26. The number of hydrogen-bond donors (Lipinski definition) is 0. The minimum atomic E-state index is 0.218. The van der Waals surface area contributed by atoms with Crippen molar-refractivity contribution in [3.63, 3.8) is 0 Å². The smallest absolute Gasteiger partial charge is 0.256 e. The molecule has 1 atom stereocenters. The molecule has 0 spiro atoms. The lowest BCUT2D eigenvalue weighted by atomic mass is 10.00. The third-order valence-electron chi connectivity index (χ3n) is 5.68. The molecule has 0 bridgehead atoms. The van der Waals surface area contributed by atoms with E-state index >= 15 is 0 Å². The Kier molecular flexibility index (Phi) is 4.31. The van der Waals surface area contributed by atoms with Crippen molar-refractivity contribution in [2.24, 2.45) is 7.05 Å². The highest BCUT2D eigenvalue weighted by Gasteiger charge is 2.30. The van der Waals surface area contributed by atoms with Crippen LogP contribution in [0.5, 0.6) is 0 Å². The highest BCUT2D eigenvalue weighted by molar-refractivity contribution is 6.07. The van der Waals surface area contributed by atoms with Crippen LogP contribution >= 0.6 is 0 Å². The monoisotopic (exact) mass is 325 g/mol. The van der Waals surface area contributed by atoms with E-state index in [2.05, 4.69) is 26.5 Å². The summed E-state index contributed by atoms with van der Waals surface area (Å²) in [6.07, 6.45) is 8.15. The van der Waals surface area contributed by atoms with Crippen molar-refractivity contribution in [1.82, 2.24) is 14.4 Å². The molecule has 3 heterocycles. The van der Waals surface area contributed by atoms with E-state index in [4.69, 9.17) is 0 Å². The maximum absolute atomic E-state index is 13.3. The average molecular weight is 325 g/mol. The second-order valence-electron chi connectivity index (χ2n) is 7.33. The van der Waals surface area contributed by atoms with Gasteiger partial charge in [0.25, 0.3) is 5.91 Å². The molecule has 0 aliphatic carbocycles. The Labute approximate surface area is 144 Å². The molecular formula is C20H27N3O. The molecule has 2 fully saturated rings. The molecule has 4 rings (SSSR count). The van der Waals surface area contributed by atoms with Crippen LogP contribution in [-0.2, 0) is 7.05 Å². The molecule has 4 heteroatoms. The summed E-state index contributed by atoms with van der Waals surface area (Å²) < 4.78 is 2.07. The first kappa shape index (κ1) is 15.7. The summed E-state index contributed by atoms with van der Waals surface area (Å²) in [7, 11) is 2.02. The summed E-state index contributed by atoms with van der Waals surface area (Å²) in [5.41, 5.74) is 2.00. The Morgan fingerprint density at radius 2 is 1.83 bits per heavy atom. The topological polar surface area (TPSA) is 28.5 Å². The Balaban J connectivity index is 1.60. The van der Waals surface area contributed by atoms with E-state index in [9.17, 15) is 4.79 Å². The number of nitrogens with zero attached hydrogens (tertiary/aromatic N) is 3. The van der Waals surface area contributed by atoms with E-state index in [0.29, 0.717) is 6.04 Å². The van der Waals surface area contributed by atoms with Gasteiger partial charge in [-0.1, -0.05) is 18.2 Å². The van der Waals surface area contributed by atoms with E-state index in [0.717, 1.165) is 42.4 Å². The van der Waals surface area contributed by atoms with Gasteiger partial charge in [-0.25, -0.2) is 0 Å². The largest absolute Gasteiger partial charge is 0.350 e. The molecule has 0 radical (unpaired) electrons. The Morgan fingerprint density at radius 3 is 2.67 bits per heavy atom. The first-order valence-corrected chi connectivity index (χ1v) is 9.31. The van der Waals surface area contributed by atoms with Crippen molar-refractivity contribution in [1.29, 1.82) is 0 Å². The Morgan fingerprint density at radius 1 is 1.08 bits per heavy atom. The zero-order valence-corrected chi connectivity index (χ0v) is 14.6. The van der Waals surface area contributed by atoms with Crippen molar-refractivity contribution in [3.05, 3.63) is 36.0 Å². The van der Waals surface area contributed by atoms with Crippen molar-refractivity contribution in [2.75, 3.05) is 26.2 Å². The predicted octanol–water partition coefficient (Wildman–Crippen LogP) is 3.27. The second kappa shape index (κ2) is 6.60. The molecule has 2 aromatic rings. The maximum atomic E-state index is 13.3. The SMILES string of the molecule is Cn1cc(C(=O)N2CCCCC2CN2CCCC2)c2ccccc21. The van der Waals surface area contributed by atoms with Crippen molar-refractivity contribution < 1.29 is 4.79 Å². The van der Waals surface area contributed by atoms with Gasteiger partial charge in [0.2, 0.25) is 0 Å². The van der Waals surface area contributed by atoms with E-state index in [1.807, 2.05) is 25.4 Å². The lowest BCUT2D eigenvalue weighted by molar-refractivity contribution is 0.0562. The number of likely N-dealkylation sites (tertiary alicyclic amines) is 2. The predicted molar refractivity (Wildman–Crippen MR) is 97.3 cm³/mol. The van der Waals surface area contributed by atoms with Crippen LogP contribution in [0.2, 0.25) is 0 Å². The van der Waals surface area contributed by atoms with Crippen LogP contribution < -0.4 is 0 Å². The number of piperidine rings is 1. The van der Waals surface area contributed by atoms with Gasteiger partial charge in [-0.15, -0.1) is 0 Å². The molecule has 0 N–H and O–H groups in total. The van der Waals surface area contributed by atoms with Crippen molar-refractivity contribution in [2.45, 2.75) is 38.1 Å². The highest BCUT2D eigenvalue weighted by atomic mass is 16.2. The third kappa shape index (κ3) is 2.84. The van der Waals surface area contributed by atoms with E-state index in [1.54, 1.807) is 0 Å². The third-order valence-corrected chi connectivity index (χ3v) is 5.68. The number of carbonyl (C=O) groups excluding carboxylic acids is 1. The zero-order valence-electron chi connectivity index (χ0n) is 14.6. The van der Waals surface area contributed by atoms with Crippen LogP contribution in [0.25, 0.3) is 10.9 Å². The number of fused-ring (bicyclic) bond motifs is 1. The van der Waals surface area contributed by atoms with E-state index in [-0.39, 0.29) is 5.91 Å². The zero-order chi connectivity index (χ0) is 16.5. The van der Waals surface area contributed by atoms with Gasteiger partial charge in [0.15, 0.2) is 0 Å². The van der Waals surface area contributed by atoms with Gasteiger partial charge in [0.05, 0.1) is 5.56 Å². The van der Waals surface area contributed by atoms with Crippen LogP contribution in [-0.4, -0.2) is 52.5 Å². The molecule has 128 valence electrons. The number of aromatic nitrogens is 1. The normalized spacial score (nSPS) is 22.4. The molecule has 2 aliphatic rings. The summed E-state index contributed by atoms with van der Waals surface area (Å²) in [6, 6.07) is 8.60. The number of rotatable bonds is 3. The van der Waals surface area contributed by atoms with Crippen LogP contribution in [0.3, 0.4) is 0 Å². The van der Waals surface area contributed by atoms with Gasteiger partial charge >= 0.3 is 0 Å². The van der Waals surface area contributed by atoms with Gasteiger partial charge in [-0.2, -0.15) is 0 Å². The summed E-state index contributed by atoms with van der Waals surface area (Å²) in [5.74, 6) is 0.218. The number of para-hydroxylation sites is 1. The number of carbonyl (C=O) groups is 1. The van der Waals surface area contributed by atoms with Crippen LogP contribution in [0, 0.1) is 0 Å². The molecule has 24 heavy (non-hydrogen) atoms. The Hall–Kier alpha value is -1.81. The van der Waals surface area contributed by atoms with Gasteiger partial charge in [0.1, 0.15) is 0 Å². The summed E-state index contributed by atoms with van der Waals surface area (Å²) >= 11 is 0. The van der Waals surface area contributed by atoms with Crippen LogP contribution in [0.15, 0.2) is 30.5 Å². The number of amides is 1. The first-order chi connectivity index (χ1) is 11.7. The fourth-order valence-corrected chi connectivity index (χ4v) is 4.39. The molecule has 1 unspecified atom stereocenters. The summed E-state index contributed by atoms with van der Waals surface area (Å²) in [5, 5.41) is 1.08.